The largest absolute Gasteiger partial charge is 0.494 e. The van der Waals surface area contributed by atoms with Gasteiger partial charge in [0.15, 0.2) is 11.0 Å². The number of nitrogens with one attached hydrogen (secondary N) is 1. The Morgan fingerprint density at radius 1 is 1.11 bits per heavy atom. The minimum atomic E-state index is -0.525. The molecule has 0 saturated heterocycles. The van der Waals surface area contributed by atoms with Crippen molar-refractivity contribution in [1.82, 2.24) is 14.8 Å². The summed E-state index contributed by atoms with van der Waals surface area (Å²) in [6.07, 6.45) is 0. The first-order valence-electron chi connectivity index (χ1n) is 10.8. The van der Waals surface area contributed by atoms with Crippen molar-refractivity contribution in [2.45, 2.75) is 25.2 Å². The quantitative estimate of drug-likeness (QED) is 0.192. The van der Waals surface area contributed by atoms with Crippen LogP contribution in [0, 0.1) is 10.1 Å². The Hall–Kier alpha value is -4.12. The van der Waals surface area contributed by atoms with Gasteiger partial charge in [-0.2, -0.15) is 0 Å². The molecule has 1 heterocycles. The smallest absolute Gasteiger partial charge is 0.273 e. The van der Waals surface area contributed by atoms with Crippen LogP contribution >= 0.6 is 11.8 Å². The van der Waals surface area contributed by atoms with Crippen LogP contribution < -0.4 is 14.8 Å². The number of amides is 1. The van der Waals surface area contributed by atoms with E-state index >= 15 is 0 Å². The van der Waals surface area contributed by atoms with E-state index in [2.05, 4.69) is 15.5 Å². The number of hydrogen-bond donors (Lipinski definition) is 1. The first-order chi connectivity index (χ1) is 17.0. The summed E-state index contributed by atoms with van der Waals surface area (Å²) in [6, 6.07) is 17.9. The summed E-state index contributed by atoms with van der Waals surface area (Å²) in [6.45, 7) is 2.82. The Balaban J connectivity index is 1.39. The predicted molar refractivity (Wildman–Crippen MR) is 133 cm³/mol. The number of nitro benzene ring substituents is 1. The Kier molecular flexibility index (Phi) is 7.46. The first-order valence-corrected chi connectivity index (χ1v) is 11.8. The number of ether oxygens (including phenoxy) is 2. The number of rotatable bonds is 10. The van der Waals surface area contributed by atoms with Gasteiger partial charge >= 0.3 is 0 Å². The average Bonchev–Trinajstić information content (AvgIpc) is 3.28. The van der Waals surface area contributed by atoms with Crippen molar-refractivity contribution in [3.63, 3.8) is 0 Å². The highest BCUT2D eigenvalue weighted by atomic mass is 32.2. The van der Waals surface area contributed by atoms with Gasteiger partial charge in [-0.3, -0.25) is 14.9 Å². The van der Waals surface area contributed by atoms with Gasteiger partial charge in [0.1, 0.15) is 18.1 Å². The van der Waals surface area contributed by atoms with E-state index in [1.165, 1.54) is 37.1 Å². The molecule has 0 fully saturated rings. The molecule has 0 bridgehead atoms. The van der Waals surface area contributed by atoms with Gasteiger partial charge in [-0.25, -0.2) is 0 Å². The van der Waals surface area contributed by atoms with Gasteiger partial charge in [-0.1, -0.05) is 48.2 Å². The lowest BCUT2D eigenvalue weighted by atomic mass is 10.1. The molecule has 4 rings (SSSR count). The lowest BCUT2D eigenvalue weighted by Crippen LogP contribution is -2.15. The molecule has 0 aliphatic rings. The third-order valence-corrected chi connectivity index (χ3v) is 6.19. The minimum Gasteiger partial charge on any atom is -0.494 e. The molecule has 1 N–H and O–H groups in total. The SMILES string of the molecule is CCn1c(COc2cccc3ccccc23)nnc1SCC(=O)Nc1ccc([N+](=O)[O-])cc1OC. The van der Waals surface area contributed by atoms with Crippen molar-refractivity contribution in [3.8, 4) is 11.5 Å². The van der Waals surface area contributed by atoms with Crippen molar-refractivity contribution in [1.29, 1.82) is 0 Å². The van der Waals surface area contributed by atoms with Gasteiger partial charge in [0, 0.05) is 18.0 Å². The van der Waals surface area contributed by atoms with Crippen molar-refractivity contribution in [2.24, 2.45) is 0 Å². The summed E-state index contributed by atoms with van der Waals surface area (Å²) < 4.78 is 13.1. The van der Waals surface area contributed by atoms with Gasteiger partial charge in [-0.15, -0.1) is 10.2 Å². The van der Waals surface area contributed by atoms with Crippen LogP contribution in [0.1, 0.15) is 12.7 Å². The van der Waals surface area contributed by atoms with E-state index in [1.807, 2.05) is 54.0 Å². The zero-order valence-electron chi connectivity index (χ0n) is 19.1. The van der Waals surface area contributed by atoms with E-state index in [0.717, 1.165) is 16.5 Å². The summed E-state index contributed by atoms with van der Waals surface area (Å²) >= 11 is 1.24. The summed E-state index contributed by atoms with van der Waals surface area (Å²) in [5.74, 6) is 1.39. The monoisotopic (exact) mass is 493 g/mol. The van der Waals surface area contributed by atoms with E-state index < -0.39 is 4.92 Å². The van der Waals surface area contributed by atoms with Crippen LogP contribution in [0.4, 0.5) is 11.4 Å². The van der Waals surface area contributed by atoms with Crippen molar-refractivity contribution in [3.05, 3.63) is 76.6 Å². The maximum atomic E-state index is 12.5. The predicted octanol–water partition coefficient (Wildman–Crippen LogP) is 4.68. The summed E-state index contributed by atoms with van der Waals surface area (Å²) in [7, 11) is 1.38. The second-order valence-corrected chi connectivity index (χ2v) is 8.33. The number of carbonyl (C=O) groups is 1. The lowest BCUT2D eigenvalue weighted by molar-refractivity contribution is -0.384. The van der Waals surface area contributed by atoms with Crippen molar-refractivity contribution < 1.29 is 19.2 Å². The van der Waals surface area contributed by atoms with Gasteiger partial charge in [0.2, 0.25) is 5.91 Å². The van der Waals surface area contributed by atoms with E-state index in [-0.39, 0.29) is 29.7 Å². The summed E-state index contributed by atoms with van der Waals surface area (Å²) in [4.78, 5) is 22.9. The summed E-state index contributed by atoms with van der Waals surface area (Å²) in [5.41, 5.74) is 0.230. The zero-order chi connectivity index (χ0) is 24.8. The van der Waals surface area contributed by atoms with Crippen LogP contribution in [0.15, 0.2) is 65.8 Å². The number of anilines is 1. The highest BCUT2D eigenvalue weighted by Crippen LogP contribution is 2.30. The molecular formula is C24H23N5O5S. The number of carbonyl (C=O) groups excluding carboxylic acids is 1. The molecule has 0 aliphatic heterocycles. The van der Waals surface area contributed by atoms with E-state index in [1.54, 1.807) is 0 Å². The van der Waals surface area contributed by atoms with Crippen LogP contribution in [-0.4, -0.2) is 38.5 Å². The highest BCUT2D eigenvalue weighted by Gasteiger charge is 2.16. The third-order valence-electron chi connectivity index (χ3n) is 5.22. The fraction of sp³-hybridized carbons (Fsp3) is 0.208. The fourth-order valence-corrected chi connectivity index (χ4v) is 4.35. The van der Waals surface area contributed by atoms with Crippen LogP contribution in [0.25, 0.3) is 10.8 Å². The number of nitrogens with zero attached hydrogens (tertiary/aromatic N) is 4. The van der Waals surface area contributed by atoms with Crippen LogP contribution in [0.2, 0.25) is 0 Å². The molecule has 0 aliphatic carbocycles. The van der Waals surface area contributed by atoms with Gasteiger partial charge < -0.3 is 19.4 Å². The molecule has 3 aromatic carbocycles. The Morgan fingerprint density at radius 3 is 2.69 bits per heavy atom. The maximum absolute atomic E-state index is 12.5. The molecule has 10 nitrogen and oxygen atoms in total. The Morgan fingerprint density at radius 2 is 1.91 bits per heavy atom. The Labute approximate surface area is 205 Å². The van der Waals surface area contributed by atoms with Crippen molar-refractivity contribution in [2.75, 3.05) is 18.2 Å². The number of aromatic nitrogens is 3. The molecule has 1 aromatic heterocycles. The molecule has 180 valence electrons. The van der Waals surface area contributed by atoms with Gasteiger partial charge in [-0.05, 0) is 24.4 Å². The fourth-order valence-electron chi connectivity index (χ4n) is 3.53. The summed E-state index contributed by atoms with van der Waals surface area (Å²) in [5, 5.41) is 24.8. The number of non-ortho nitro benzene ring substituents is 1. The molecule has 0 saturated carbocycles. The minimum absolute atomic E-state index is 0.0719. The molecule has 35 heavy (non-hydrogen) atoms. The Bertz CT molecular complexity index is 1370. The number of fused-ring (bicyclic) bond motifs is 1. The molecular weight excluding hydrogens is 470 g/mol. The highest BCUT2D eigenvalue weighted by molar-refractivity contribution is 7.99. The second kappa shape index (κ2) is 10.9. The maximum Gasteiger partial charge on any atom is 0.273 e. The number of nitro groups is 1. The normalized spacial score (nSPS) is 10.8. The van der Waals surface area contributed by atoms with Gasteiger partial charge in [0.05, 0.1) is 29.5 Å². The van der Waals surface area contributed by atoms with Crippen LogP contribution in [0.5, 0.6) is 11.5 Å². The molecule has 1 amide bonds. The topological polar surface area (TPSA) is 121 Å². The average molecular weight is 494 g/mol. The molecule has 0 spiro atoms. The molecule has 0 radical (unpaired) electrons. The van der Waals surface area contributed by atoms with E-state index in [0.29, 0.717) is 23.2 Å². The van der Waals surface area contributed by atoms with Crippen LogP contribution in [0.3, 0.4) is 0 Å². The standard InChI is InChI=1S/C24H23N5O5S/c1-3-28-22(14-34-20-10-6-8-16-7-4-5-9-18(16)20)26-27-24(28)35-15-23(30)25-19-12-11-17(29(31)32)13-21(19)33-2/h4-13H,3,14-15H2,1-2H3,(H,25,30). The third kappa shape index (κ3) is 5.52. The number of hydrogen-bond acceptors (Lipinski definition) is 8. The second-order valence-electron chi connectivity index (χ2n) is 7.39. The number of thioether (sulfide) groups is 1. The lowest BCUT2D eigenvalue weighted by Gasteiger charge is -2.11. The zero-order valence-corrected chi connectivity index (χ0v) is 19.9. The first kappa shape index (κ1) is 24.0. The van der Waals surface area contributed by atoms with Crippen molar-refractivity contribution >= 4 is 39.8 Å². The molecule has 4 aromatic rings. The van der Waals surface area contributed by atoms with E-state index in [4.69, 9.17) is 9.47 Å². The van der Waals surface area contributed by atoms with Crippen LogP contribution in [-0.2, 0) is 17.9 Å². The van der Waals surface area contributed by atoms with Gasteiger partial charge in [0.25, 0.3) is 5.69 Å². The molecule has 11 heteroatoms. The number of methoxy groups -OCH3 is 1. The molecule has 0 atom stereocenters. The number of benzene rings is 3. The van der Waals surface area contributed by atoms with E-state index in [9.17, 15) is 14.9 Å². The molecule has 0 unspecified atom stereocenters.